The molecule has 0 saturated carbocycles. The van der Waals surface area contributed by atoms with Gasteiger partial charge in [0.05, 0.1) is 0 Å². The van der Waals surface area contributed by atoms with Crippen LogP contribution >= 0.6 is 0 Å². The van der Waals surface area contributed by atoms with Crippen LogP contribution in [0.4, 0.5) is 0 Å². The van der Waals surface area contributed by atoms with Gasteiger partial charge in [0.2, 0.25) is 0 Å². The maximum absolute atomic E-state index is 5.79. The van der Waals surface area contributed by atoms with E-state index in [1.165, 1.54) is 16.7 Å². The van der Waals surface area contributed by atoms with Gasteiger partial charge in [-0.05, 0) is 44.4 Å². The van der Waals surface area contributed by atoms with Crippen molar-refractivity contribution in [3.05, 3.63) is 34.6 Å². The van der Waals surface area contributed by atoms with E-state index in [1.807, 2.05) is 33.8 Å². The Hall–Kier alpha value is -0.980. The van der Waals surface area contributed by atoms with Crippen molar-refractivity contribution in [2.24, 2.45) is 5.73 Å². The standard InChI is InChI=1S/C10H15N.2C2H6.H2/c1-7-4-5-8(2)10(11)6-9(7)3;2*1-2;/h5-6H,4,11H2,1-3H3;2*1-2H3;1H. The second-order valence-electron chi connectivity index (χ2n) is 3.15. The second kappa shape index (κ2) is 9.57. The molecule has 0 aromatic heterocycles. The van der Waals surface area contributed by atoms with Crippen LogP contribution in [0.15, 0.2) is 34.6 Å². The van der Waals surface area contributed by atoms with Crippen molar-refractivity contribution in [1.29, 1.82) is 0 Å². The highest BCUT2D eigenvalue weighted by Gasteiger charge is 2.01. The molecule has 1 aliphatic rings. The molecule has 2 N–H and O–H groups in total. The molecule has 0 amide bonds. The Kier molecular flexibility index (Phi) is 10.5. The molecule has 1 rings (SSSR count). The third kappa shape index (κ3) is 6.16. The molecule has 0 bridgehead atoms. The van der Waals surface area contributed by atoms with Crippen LogP contribution < -0.4 is 5.73 Å². The van der Waals surface area contributed by atoms with Crippen molar-refractivity contribution in [2.45, 2.75) is 54.9 Å². The van der Waals surface area contributed by atoms with Gasteiger partial charge in [0.1, 0.15) is 0 Å². The summed E-state index contributed by atoms with van der Waals surface area (Å²) in [5, 5.41) is 0. The number of nitrogens with two attached hydrogens (primary N) is 1. The monoisotopic (exact) mass is 211 g/mol. The average molecular weight is 211 g/mol. The lowest BCUT2D eigenvalue weighted by atomic mass is 10.1. The number of rotatable bonds is 0. The topological polar surface area (TPSA) is 26.0 Å². The van der Waals surface area contributed by atoms with Crippen LogP contribution in [0.25, 0.3) is 0 Å². The normalized spacial score (nSPS) is 14.9. The molecule has 0 unspecified atom stereocenters. The highest BCUT2D eigenvalue weighted by atomic mass is 14.6. The molecule has 1 aliphatic carbocycles. The van der Waals surface area contributed by atoms with Gasteiger partial charge in [0.25, 0.3) is 0 Å². The first-order valence-corrected chi connectivity index (χ1v) is 5.92. The van der Waals surface area contributed by atoms with Crippen molar-refractivity contribution in [3.8, 4) is 0 Å². The molecule has 90 valence electrons. The zero-order valence-corrected chi connectivity index (χ0v) is 11.4. The molecule has 0 radical (unpaired) electrons. The summed E-state index contributed by atoms with van der Waals surface area (Å²) >= 11 is 0. The Morgan fingerprint density at radius 3 is 2.00 bits per heavy atom. The maximum atomic E-state index is 5.79. The lowest BCUT2D eigenvalue weighted by Gasteiger charge is -1.97. The minimum Gasteiger partial charge on any atom is -0.399 e. The SMILES string of the molecule is CC.CC.CC1=CCC(C)=C(C)C=C1N.[HH]. The Morgan fingerprint density at radius 2 is 1.53 bits per heavy atom. The van der Waals surface area contributed by atoms with E-state index in [2.05, 4.69) is 26.8 Å². The Bertz CT molecular complexity index is 260. The molecule has 0 spiro atoms. The molecule has 15 heavy (non-hydrogen) atoms. The predicted octanol–water partition coefficient (Wildman–Crippen LogP) is 4.81. The summed E-state index contributed by atoms with van der Waals surface area (Å²) < 4.78 is 0. The first-order chi connectivity index (χ1) is 7.11. The zero-order chi connectivity index (χ0) is 12.4. The Balaban J connectivity index is -0.000000305. The lowest BCUT2D eigenvalue weighted by Crippen LogP contribution is -1.97. The molecule has 1 nitrogen and oxygen atoms in total. The van der Waals surface area contributed by atoms with Gasteiger partial charge < -0.3 is 5.73 Å². The van der Waals surface area contributed by atoms with Gasteiger partial charge in [-0.2, -0.15) is 0 Å². The Labute approximate surface area is 97.2 Å². The summed E-state index contributed by atoms with van der Waals surface area (Å²) in [7, 11) is 0. The van der Waals surface area contributed by atoms with Crippen LogP contribution in [0.1, 0.15) is 56.3 Å². The van der Waals surface area contributed by atoms with Gasteiger partial charge in [-0.15, -0.1) is 0 Å². The average Bonchev–Trinajstić information content (AvgIpc) is 2.39. The van der Waals surface area contributed by atoms with Crippen molar-refractivity contribution >= 4 is 0 Å². The summed E-state index contributed by atoms with van der Waals surface area (Å²) in [6.45, 7) is 14.3. The van der Waals surface area contributed by atoms with Crippen molar-refractivity contribution in [3.63, 3.8) is 0 Å². The third-order valence-corrected chi connectivity index (χ3v) is 2.21. The summed E-state index contributed by atoms with van der Waals surface area (Å²) in [5.41, 5.74) is 10.6. The second-order valence-corrected chi connectivity index (χ2v) is 3.15. The van der Waals surface area contributed by atoms with Gasteiger partial charge in [-0.3, -0.25) is 0 Å². The highest BCUT2D eigenvalue weighted by Crippen LogP contribution is 2.18. The smallest absolute Gasteiger partial charge is 0.0343 e. The minimum atomic E-state index is 0. The minimum absolute atomic E-state index is 0. The lowest BCUT2D eigenvalue weighted by molar-refractivity contribution is 1.16. The third-order valence-electron chi connectivity index (χ3n) is 2.21. The molecule has 0 heterocycles. The Morgan fingerprint density at radius 1 is 1.07 bits per heavy atom. The van der Waals surface area contributed by atoms with Crippen LogP contribution in [0, 0.1) is 0 Å². The van der Waals surface area contributed by atoms with Crippen LogP contribution in [-0.2, 0) is 0 Å². The van der Waals surface area contributed by atoms with Crippen LogP contribution in [0.5, 0.6) is 0 Å². The molecule has 0 saturated heterocycles. The van der Waals surface area contributed by atoms with E-state index >= 15 is 0 Å². The molecular formula is C14H29N. The van der Waals surface area contributed by atoms with E-state index in [9.17, 15) is 0 Å². The van der Waals surface area contributed by atoms with Gasteiger partial charge in [-0.25, -0.2) is 0 Å². The van der Waals surface area contributed by atoms with Crippen molar-refractivity contribution in [2.75, 3.05) is 0 Å². The van der Waals surface area contributed by atoms with Crippen molar-refractivity contribution in [1.82, 2.24) is 0 Å². The highest BCUT2D eigenvalue weighted by molar-refractivity contribution is 5.39. The maximum Gasteiger partial charge on any atom is 0.0343 e. The largest absolute Gasteiger partial charge is 0.399 e. The summed E-state index contributed by atoms with van der Waals surface area (Å²) in [6.07, 6.45) is 5.26. The fourth-order valence-corrected chi connectivity index (χ4v) is 1.06. The van der Waals surface area contributed by atoms with Gasteiger partial charge in [-0.1, -0.05) is 39.3 Å². The van der Waals surface area contributed by atoms with E-state index in [0.29, 0.717) is 0 Å². The predicted molar refractivity (Wildman–Crippen MR) is 73.8 cm³/mol. The fourth-order valence-electron chi connectivity index (χ4n) is 1.06. The number of hydrogen-bond donors (Lipinski definition) is 1. The fraction of sp³-hybridized carbons (Fsp3) is 0.571. The van der Waals surface area contributed by atoms with E-state index in [0.717, 1.165) is 12.1 Å². The number of hydrogen-bond acceptors (Lipinski definition) is 1. The van der Waals surface area contributed by atoms with Crippen LogP contribution in [0.3, 0.4) is 0 Å². The zero-order valence-electron chi connectivity index (χ0n) is 11.4. The van der Waals surface area contributed by atoms with Crippen LogP contribution in [0.2, 0.25) is 0 Å². The van der Waals surface area contributed by atoms with Crippen LogP contribution in [-0.4, -0.2) is 0 Å². The molecule has 0 aliphatic heterocycles. The van der Waals surface area contributed by atoms with Gasteiger partial charge in [0.15, 0.2) is 0 Å². The van der Waals surface area contributed by atoms with E-state index in [-0.39, 0.29) is 1.43 Å². The van der Waals surface area contributed by atoms with E-state index in [4.69, 9.17) is 5.73 Å². The summed E-state index contributed by atoms with van der Waals surface area (Å²) in [4.78, 5) is 0. The molecule has 0 atom stereocenters. The molecule has 0 aromatic carbocycles. The van der Waals surface area contributed by atoms with E-state index in [1.54, 1.807) is 0 Å². The summed E-state index contributed by atoms with van der Waals surface area (Å²) in [5.74, 6) is 0. The molecule has 0 fully saturated rings. The summed E-state index contributed by atoms with van der Waals surface area (Å²) in [6, 6.07) is 0. The first kappa shape index (κ1) is 16.4. The van der Waals surface area contributed by atoms with E-state index < -0.39 is 0 Å². The first-order valence-electron chi connectivity index (χ1n) is 5.92. The number of allylic oxidation sites excluding steroid dienone is 5. The van der Waals surface area contributed by atoms with Gasteiger partial charge in [0, 0.05) is 7.12 Å². The molecule has 1 heteroatoms. The van der Waals surface area contributed by atoms with Crippen molar-refractivity contribution < 1.29 is 1.43 Å². The van der Waals surface area contributed by atoms with Gasteiger partial charge >= 0.3 is 0 Å². The molecular weight excluding hydrogens is 182 g/mol. The molecule has 0 aromatic rings. The quantitative estimate of drug-likeness (QED) is 0.611.